The molecule has 0 amide bonds. The molecule has 0 radical (unpaired) electrons. The van der Waals surface area contributed by atoms with E-state index in [-0.39, 0.29) is 35.5 Å². The van der Waals surface area contributed by atoms with Gasteiger partial charge < -0.3 is 4.74 Å². The van der Waals surface area contributed by atoms with Gasteiger partial charge in [-0.3, -0.25) is 0 Å². The van der Waals surface area contributed by atoms with Gasteiger partial charge in [-0.15, -0.1) is 12.6 Å². The zero-order valence-corrected chi connectivity index (χ0v) is 11.5. The third-order valence-electron chi connectivity index (χ3n) is 2.35. The van der Waals surface area contributed by atoms with Crippen molar-refractivity contribution in [3.8, 4) is 0 Å². The van der Waals surface area contributed by atoms with Crippen LogP contribution < -0.4 is 0 Å². The van der Waals surface area contributed by atoms with E-state index >= 15 is 0 Å². The summed E-state index contributed by atoms with van der Waals surface area (Å²) in [6.45, 7) is 0. The van der Waals surface area contributed by atoms with Crippen molar-refractivity contribution in [3.63, 3.8) is 0 Å². The molecule has 0 saturated heterocycles. The van der Waals surface area contributed by atoms with Crippen LogP contribution in [0.1, 0.15) is 10.4 Å². The number of benzene rings is 2. The summed E-state index contributed by atoms with van der Waals surface area (Å²) in [4.78, 5) is 14.4. The van der Waals surface area contributed by atoms with Crippen LogP contribution in [0.15, 0.2) is 63.2 Å². The molecule has 0 atom stereocenters. The normalized spacial score (nSPS) is 9.58. The fourth-order valence-corrected chi connectivity index (χ4v) is 2.64. The molecule has 0 fully saturated rings. The van der Waals surface area contributed by atoms with Crippen molar-refractivity contribution in [3.05, 3.63) is 54.1 Å². The van der Waals surface area contributed by atoms with E-state index in [9.17, 15) is 4.79 Å². The summed E-state index contributed by atoms with van der Waals surface area (Å²) in [6.07, 6.45) is 0. The Morgan fingerprint density at radius 1 is 1.16 bits per heavy atom. The number of ether oxygens (including phenoxy) is 1. The van der Waals surface area contributed by atoms with Crippen molar-refractivity contribution in [1.82, 2.24) is 0 Å². The molecule has 0 N–H and O–H groups in total. The van der Waals surface area contributed by atoms with Gasteiger partial charge in [0.05, 0.1) is 12.7 Å². The predicted octanol–water partition coefficient (Wildman–Crippen LogP) is 3.26. The number of carbonyl (C=O) groups is 1. The minimum absolute atomic E-state index is 0. The number of esters is 1. The number of thiol groups is 1. The molecular weight excluding hydrogens is 287 g/mol. The molecule has 0 unspecified atom stereocenters. The summed E-state index contributed by atoms with van der Waals surface area (Å²) in [5.74, 6) is -0.335. The van der Waals surface area contributed by atoms with Gasteiger partial charge in [0.2, 0.25) is 0 Å². The maximum absolute atomic E-state index is 11.5. The van der Waals surface area contributed by atoms with E-state index in [0.717, 1.165) is 14.7 Å². The Morgan fingerprint density at radius 2 is 1.84 bits per heavy atom. The summed E-state index contributed by atoms with van der Waals surface area (Å²) in [7, 11) is 1.38. The number of methoxy groups -OCH3 is 1. The standard InChI is InChI=1S/C14H12O2S2.Na.H/c1-16-14(15)10-7-8-12(17)13(9-10)18-11-5-3-2-4-6-11;;/h2-9,17H,1H3;;. The Balaban J connectivity index is 0.00000180. The van der Waals surface area contributed by atoms with Crippen molar-refractivity contribution in [2.75, 3.05) is 7.11 Å². The third-order valence-corrected chi connectivity index (χ3v) is 3.96. The van der Waals surface area contributed by atoms with Crippen LogP contribution in [0.25, 0.3) is 0 Å². The second kappa shape index (κ2) is 8.02. The third kappa shape index (κ3) is 4.58. The fraction of sp³-hybridized carbons (Fsp3) is 0.0714. The van der Waals surface area contributed by atoms with Crippen LogP contribution in [-0.2, 0) is 4.74 Å². The zero-order valence-electron chi connectivity index (χ0n) is 9.79. The molecule has 0 spiro atoms. The quantitative estimate of drug-likeness (QED) is 0.535. The monoisotopic (exact) mass is 300 g/mol. The summed E-state index contributed by atoms with van der Waals surface area (Å²) < 4.78 is 4.71. The van der Waals surface area contributed by atoms with Gasteiger partial charge in [-0.2, -0.15) is 0 Å². The molecule has 19 heavy (non-hydrogen) atoms. The molecule has 2 aromatic rings. The average molecular weight is 300 g/mol. The molecule has 0 saturated carbocycles. The zero-order chi connectivity index (χ0) is 13.0. The van der Waals surface area contributed by atoms with E-state index in [2.05, 4.69) is 12.6 Å². The van der Waals surface area contributed by atoms with Crippen LogP contribution in [0.5, 0.6) is 0 Å². The van der Waals surface area contributed by atoms with E-state index in [4.69, 9.17) is 4.74 Å². The van der Waals surface area contributed by atoms with Gasteiger partial charge in [-0.1, -0.05) is 30.0 Å². The van der Waals surface area contributed by atoms with Gasteiger partial charge in [0, 0.05) is 14.7 Å². The number of hydrogen-bond acceptors (Lipinski definition) is 4. The van der Waals surface area contributed by atoms with Crippen LogP contribution >= 0.6 is 24.4 Å². The molecule has 0 aliphatic heterocycles. The van der Waals surface area contributed by atoms with Crippen LogP contribution in [0, 0.1) is 0 Å². The molecule has 0 aliphatic rings. The van der Waals surface area contributed by atoms with Crippen LogP contribution in [0.4, 0.5) is 0 Å². The van der Waals surface area contributed by atoms with Crippen molar-refractivity contribution in [2.45, 2.75) is 14.7 Å². The van der Waals surface area contributed by atoms with E-state index in [1.165, 1.54) is 7.11 Å². The first-order valence-corrected chi connectivity index (χ1v) is 6.61. The van der Waals surface area contributed by atoms with Gasteiger partial charge >= 0.3 is 35.5 Å². The SMILES string of the molecule is COC(=O)c1ccc(S)c(Sc2ccccc2)c1.[NaH]. The summed E-state index contributed by atoms with van der Waals surface area (Å²) in [6, 6.07) is 15.3. The molecule has 2 rings (SSSR count). The van der Waals surface area contributed by atoms with Crippen LogP contribution in [0.3, 0.4) is 0 Å². The molecule has 0 aromatic heterocycles. The summed E-state index contributed by atoms with van der Waals surface area (Å²) >= 11 is 5.97. The molecule has 0 aliphatic carbocycles. The topological polar surface area (TPSA) is 26.3 Å². The van der Waals surface area contributed by atoms with Gasteiger partial charge in [0.1, 0.15) is 0 Å². The second-order valence-corrected chi connectivity index (χ2v) is 5.19. The Hall–Kier alpha value is -0.390. The van der Waals surface area contributed by atoms with Crippen molar-refractivity contribution < 1.29 is 9.53 Å². The van der Waals surface area contributed by atoms with Crippen molar-refractivity contribution in [2.24, 2.45) is 0 Å². The molecule has 2 nitrogen and oxygen atoms in total. The number of carbonyl (C=O) groups excluding carboxylic acids is 1. The molecular formula is C14H13NaO2S2. The van der Waals surface area contributed by atoms with Crippen LogP contribution in [0.2, 0.25) is 0 Å². The second-order valence-electron chi connectivity index (χ2n) is 3.59. The van der Waals surface area contributed by atoms with Crippen molar-refractivity contribution in [1.29, 1.82) is 0 Å². The summed E-state index contributed by atoms with van der Waals surface area (Å²) in [5.41, 5.74) is 0.536. The maximum atomic E-state index is 11.5. The van der Waals surface area contributed by atoms with Gasteiger partial charge in [-0.25, -0.2) is 4.79 Å². The average Bonchev–Trinajstić information content (AvgIpc) is 2.41. The van der Waals surface area contributed by atoms with E-state index in [1.807, 2.05) is 30.3 Å². The first kappa shape index (κ1) is 16.7. The molecule has 5 heteroatoms. The molecule has 94 valence electrons. The van der Waals surface area contributed by atoms with Crippen LogP contribution in [-0.4, -0.2) is 42.6 Å². The molecule has 0 heterocycles. The van der Waals surface area contributed by atoms with Crippen molar-refractivity contribution >= 4 is 59.9 Å². The van der Waals surface area contributed by atoms with Gasteiger partial charge in [-0.05, 0) is 30.3 Å². The Morgan fingerprint density at radius 3 is 2.47 bits per heavy atom. The first-order valence-electron chi connectivity index (χ1n) is 5.35. The number of rotatable bonds is 3. The Bertz CT molecular complexity index is 559. The van der Waals surface area contributed by atoms with Gasteiger partial charge in [0.15, 0.2) is 0 Å². The molecule has 2 aromatic carbocycles. The predicted molar refractivity (Wildman–Crippen MR) is 82.7 cm³/mol. The summed E-state index contributed by atoms with van der Waals surface area (Å²) in [5, 5.41) is 0. The Kier molecular flexibility index (Phi) is 7.04. The number of hydrogen-bond donors (Lipinski definition) is 1. The van der Waals surface area contributed by atoms with E-state index < -0.39 is 0 Å². The Labute approximate surface area is 144 Å². The molecule has 0 bridgehead atoms. The fourth-order valence-electron chi connectivity index (χ4n) is 1.46. The van der Waals surface area contributed by atoms with E-state index in [0.29, 0.717) is 5.56 Å². The minimum atomic E-state index is -0.335. The first-order chi connectivity index (χ1) is 8.70. The van der Waals surface area contributed by atoms with E-state index in [1.54, 1.807) is 30.0 Å². The van der Waals surface area contributed by atoms with Gasteiger partial charge in [0.25, 0.3) is 0 Å².